The van der Waals surface area contributed by atoms with Gasteiger partial charge in [-0.25, -0.2) is 9.59 Å². The highest BCUT2D eigenvalue weighted by Crippen LogP contribution is 2.65. The molecule has 5 rings (SSSR count). The topological polar surface area (TPSA) is 78.9 Å². The fraction of sp³-hybridized carbons (Fsp3) is 0.591. The second-order valence-electron chi connectivity index (χ2n) is 8.99. The maximum Gasteiger partial charge on any atom is 0.338 e. The number of hydrogen-bond donors (Lipinski definition) is 0. The number of ether oxygens (including phenoxy) is 3. The van der Waals surface area contributed by atoms with E-state index in [0.29, 0.717) is 18.3 Å². The first kappa shape index (κ1) is 20.4. The minimum absolute atomic E-state index is 0.0181. The van der Waals surface area contributed by atoms with Crippen LogP contribution in [0.3, 0.4) is 0 Å². The molecule has 0 radical (unpaired) electrons. The zero-order valence-corrected chi connectivity index (χ0v) is 18.2. The third-order valence-electron chi connectivity index (χ3n) is 6.61. The number of alkyl halides is 1. The number of carbonyl (C=O) groups is 3. The fourth-order valence-electron chi connectivity index (χ4n) is 6.15. The molecule has 4 fully saturated rings. The molecule has 4 bridgehead atoms. The van der Waals surface area contributed by atoms with Gasteiger partial charge >= 0.3 is 17.9 Å². The Kier molecular flexibility index (Phi) is 5.21. The summed E-state index contributed by atoms with van der Waals surface area (Å²) in [4.78, 5) is 36.7. The van der Waals surface area contributed by atoms with Crippen LogP contribution < -0.4 is 4.74 Å². The van der Waals surface area contributed by atoms with Gasteiger partial charge in [-0.15, -0.1) is 0 Å². The van der Waals surface area contributed by atoms with Crippen molar-refractivity contribution < 1.29 is 28.6 Å². The van der Waals surface area contributed by atoms with E-state index in [1.807, 2.05) is 0 Å². The van der Waals surface area contributed by atoms with E-state index in [2.05, 4.69) is 15.9 Å². The van der Waals surface area contributed by atoms with Crippen LogP contribution in [0.4, 0.5) is 0 Å². The fourth-order valence-corrected chi connectivity index (χ4v) is 7.66. The number of halogens is 1. The molecule has 0 spiro atoms. The molecule has 6 nitrogen and oxygen atoms in total. The van der Waals surface area contributed by atoms with Gasteiger partial charge < -0.3 is 14.2 Å². The first-order chi connectivity index (χ1) is 13.7. The first-order valence-corrected chi connectivity index (χ1v) is 10.7. The van der Waals surface area contributed by atoms with Gasteiger partial charge in [-0.2, -0.15) is 0 Å². The Morgan fingerprint density at radius 2 is 1.52 bits per heavy atom. The SMILES string of the molecule is COC(=O)c1cc(OC(=O)CC23C[C@H]4C[C@@H](CC(Br)(C4)C2)C3)cc(C(=O)OC)c1. The van der Waals surface area contributed by atoms with Crippen LogP contribution in [-0.4, -0.2) is 36.5 Å². The third-order valence-corrected chi connectivity index (χ3v) is 7.54. The summed E-state index contributed by atoms with van der Waals surface area (Å²) in [5.41, 5.74) is 0.246. The van der Waals surface area contributed by atoms with E-state index in [1.165, 1.54) is 51.7 Å². The van der Waals surface area contributed by atoms with Crippen molar-refractivity contribution in [2.45, 2.75) is 49.3 Å². The molecule has 4 saturated carbocycles. The van der Waals surface area contributed by atoms with Gasteiger partial charge in [0.1, 0.15) is 5.75 Å². The molecule has 4 aliphatic carbocycles. The molecule has 0 unspecified atom stereocenters. The Morgan fingerprint density at radius 3 is 2.00 bits per heavy atom. The van der Waals surface area contributed by atoms with Crippen LogP contribution in [0.2, 0.25) is 0 Å². The smallest absolute Gasteiger partial charge is 0.338 e. The Hall–Kier alpha value is -1.89. The van der Waals surface area contributed by atoms with Crippen molar-refractivity contribution in [2.75, 3.05) is 14.2 Å². The van der Waals surface area contributed by atoms with Gasteiger partial charge in [-0.1, -0.05) is 15.9 Å². The lowest BCUT2D eigenvalue weighted by Crippen LogP contribution is -2.53. The zero-order valence-electron chi connectivity index (χ0n) is 16.7. The maximum absolute atomic E-state index is 12.8. The van der Waals surface area contributed by atoms with Crippen molar-refractivity contribution in [3.8, 4) is 5.75 Å². The molecule has 7 heteroatoms. The van der Waals surface area contributed by atoms with Crippen molar-refractivity contribution in [3.63, 3.8) is 0 Å². The summed E-state index contributed by atoms with van der Waals surface area (Å²) in [6, 6.07) is 4.20. The van der Waals surface area contributed by atoms with Crippen molar-refractivity contribution in [1.82, 2.24) is 0 Å². The summed E-state index contributed by atoms with van der Waals surface area (Å²) >= 11 is 3.96. The Balaban J connectivity index is 1.52. The number of hydrogen-bond acceptors (Lipinski definition) is 6. The van der Waals surface area contributed by atoms with Gasteiger partial charge in [0.2, 0.25) is 0 Å². The normalized spacial score (nSPS) is 32.0. The van der Waals surface area contributed by atoms with Crippen LogP contribution in [0.1, 0.15) is 65.7 Å². The predicted molar refractivity (Wildman–Crippen MR) is 108 cm³/mol. The van der Waals surface area contributed by atoms with E-state index in [0.717, 1.165) is 19.3 Å². The summed E-state index contributed by atoms with van der Waals surface area (Å²) in [5.74, 6) is -0.0581. The van der Waals surface area contributed by atoms with E-state index in [4.69, 9.17) is 14.2 Å². The van der Waals surface area contributed by atoms with E-state index in [-0.39, 0.29) is 32.6 Å². The average molecular weight is 465 g/mol. The Morgan fingerprint density at radius 1 is 0.966 bits per heavy atom. The van der Waals surface area contributed by atoms with Crippen LogP contribution in [-0.2, 0) is 14.3 Å². The molecule has 0 N–H and O–H groups in total. The average Bonchev–Trinajstić information content (AvgIpc) is 2.63. The number of esters is 3. The molecule has 1 aromatic rings. The largest absolute Gasteiger partial charge is 0.465 e. The van der Waals surface area contributed by atoms with Crippen molar-refractivity contribution in [2.24, 2.45) is 17.3 Å². The van der Waals surface area contributed by atoms with Gasteiger partial charge in [-0.3, -0.25) is 4.79 Å². The molecule has 2 atom stereocenters. The standard InChI is InChI=1S/C22H25BrO6/c1-27-19(25)15-4-16(20(26)28-2)6-17(5-15)29-18(24)11-21-7-13-3-14(8-21)10-22(23,9-13)12-21/h4-6,13-14H,3,7-12H2,1-2H3/t13-,14-,21?,22?/m1/s1. The summed E-state index contributed by atoms with van der Waals surface area (Å²) in [6.07, 6.45) is 7.16. The molecular weight excluding hydrogens is 440 g/mol. The summed E-state index contributed by atoms with van der Waals surface area (Å²) < 4.78 is 15.2. The van der Waals surface area contributed by atoms with E-state index in [1.54, 1.807) is 0 Å². The van der Waals surface area contributed by atoms with Crippen LogP contribution in [0.5, 0.6) is 5.75 Å². The van der Waals surface area contributed by atoms with Gasteiger partial charge in [-0.05, 0) is 74.0 Å². The minimum atomic E-state index is -0.615. The third kappa shape index (κ3) is 4.06. The number of rotatable bonds is 5. The predicted octanol–water partition coefficient (Wildman–Crippen LogP) is 4.29. The van der Waals surface area contributed by atoms with Crippen LogP contribution in [0.25, 0.3) is 0 Å². The second-order valence-corrected chi connectivity index (χ2v) is 10.7. The summed E-state index contributed by atoms with van der Waals surface area (Å²) in [7, 11) is 2.50. The van der Waals surface area contributed by atoms with E-state index < -0.39 is 11.9 Å². The number of carbonyl (C=O) groups excluding carboxylic acids is 3. The molecule has 0 saturated heterocycles. The van der Waals surface area contributed by atoms with Gasteiger partial charge in [0, 0.05) is 4.32 Å². The molecular formula is C22H25BrO6. The molecule has 29 heavy (non-hydrogen) atoms. The lowest BCUT2D eigenvalue weighted by atomic mass is 9.49. The van der Waals surface area contributed by atoms with Gasteiger partial charge in [0.25, 0.3) is 0 Å². The van der Waals surface area contributed by atoms with Gasteiger partial charge in [0.05, 0.1) is 31.8 Å². The monoisotopic (exact) mass is 464 g/mol. The maximum atomic E-state index is 12.8. The quantitative estimate of drug-likeness (QED) is 0.367. The number of methoxy groups -OCH3 is 2. The highest BCUT2D eigenvalue weighted by Gasteiger charge is 2.57. The second kappa shape index (κ2) is 7.42. The summed E-state index contributed by atoms with van der Waals surface area (Å²) in [5, 5.41) is 0. The van der Waals surface area contributed by atoms with Crippen molar-refractivity contribution in [3.05, 3.63) is 29.3 Å². The first-order valence-electron chi connectivity index (χ1n) is 9.94. The lowest BCUT2D eigenvalue weighted by molar-refractivity contribution is -0.141. The molecule has 1 aromatic carbocycles. The molecule has 156 valence electrons. The lowest BCUT2D eigenvalue weighted by Gasteiger charge is -2.60. The van der Waals surface area contributed by atoms with E-state index >= 15 is 0 Å². The Labute approximate surface area is 178 Å². The molecule has 0 heterocycles. The molecule has 0 amide bonds. The minimum Gasteiger partial charge on any atom is -0.465 e. The van der Waals surface area contributed by atoms with Crippen molar-refractivity contribution >= 4 is 33.8 Å². The molecule has 0 aliphatic heterocycles. The molecule has 4 aliphatic rings. The molecule has 0 aromatic heterocycles. The van der Waals surface area contributed by atoms with Gasteiger partial charge in [0.15, 0.2) is 0 Å². The number of benzene rings is 1. The zero-order chi connectivity index (χ0) is 20.8. The Bertz CT molecular complexity index is 815. The van der Waals surface area contributed by atoms with Crippen molar-refractivity contribution in [1.29, 1.82) is 0 Å². The summed E-state index contributed by atoms with van der Waals surface area (Å²) in [6.45, 7) is 0. The highest BCUT2D eigenvalue weighted by molar-refractivity contribution is 9.10. The highest BCUT2D eigenvalue weighted by atomic mass is 79.9. The van der Waals surface area contributed by atoms with Crippen LogP contribution in [0, 0.1) is 17.3 Å². The van der Waals surface area contributed by atoms with E-state index in [9.17, 15) is 14.4 Å². The van der Waals surface area contributed by atoms with Crippen LogP contribution in [0.15, 0.2) is 18.2 Å². The van der Waals surface area contributed by atoms with Crippen LogP contribution >= 0.6 is 15.9 Å².